The van der Waals surface area contributed by atoms with Gasteiger partial charge >= 0.3 is 0 Å². The van der Waals surface area contributed by atoms with Gasteiger partial charge in [0.25, 0.3) is 0 Å². The molecule has 0 amide bonds. The molecule has 0 aliphatic rings. The molecule has 0 atom stereocenters. The summed E-state index contributed by atoms with van der Waals surface area (Å²) in [5.41, 5.74) is 5.69. The van der Waals surface area contributed by atoms with Crippen molar-refractivity contribution in [2.24, 2.45) is 4.99 Å². The van der Waals surface area contributed by atoms with Gasteiger partial charge in [0.2, 0.25) is 0 Å². The van der Waals surface area contributed by atoms with Gasteiger partial charge in [-0.15, -0.1) is 0 Å². The van der Waals surface area contributed by atoms with Gasteiger partial charge in [0, 0.05) is 11.9 Å². The molecule has 0 aliphatic heterocycles. The highest BCUT2D eigenvalue weighted by Crippen LogP contribution is 2.18. The maximum Gasteiger partial charge on any atom is 0.0577 e. The van der Waals surface area contributed by atoms with E-state index < -0.39 is 0 Å². The van der Waals surface area contributed by atoms with Gasteiger partial charge in [-0.25, -0.2) is 0 Å². The van der Waals surface area contributed by atoms with E-state index in [0.29, 0.717) is 5.71 Å². The first-order chi connectivity index (χ1) is 8.41. The van der Waals surface area contributed by atoms with Gasteiger partial charge in [-0.05, 0) is 44.4 Å². The molecule has 2 heteroatoms. The van der Waals surface area contributed by atoms with Crippen LogP contribution in [0.2, 0.25) is 0 Å². The first-order valence-corrected chi connectivity index (χ1v) is 5.95. The van der Waals surface area contributed by atoms with Crippen LogP contribution in [0.4, 0.5) is 0 Å². The van der Waals surface area contributed by atoms with Crippen molar-refractivity contribution >= 4 is 22.6 Å². The third kappa shape index (κ3) is 3.81. The van der Waals surface area contributed by atoms with Crippen LogP contribution in [0.3, 0.4) is 0 Å². The fraction of sp³-hybridized carbons (Fsp3) is 0.250. The summed E-state index contributed by atoms with van der Waals surface area (Å²) < 4.78 is 0. The molecule has 18 heavy (non-hydrogen) atoms. The second kappa shape index (κ2) is 6.10. The highest BCUT2D eigenvalue weighted by atomic mass is 14.7. The number of nitrogens with zero attached hydrogens (tertiary/aromatic N) is 1. The summed E-state index contributed by atoms with van der Waals surface area (Å²) in [6.07, 6.45) is 1.81. The van der Waals surface area contributed by atoms with Crippen molar-refractivity contribution in [1.82, 2.24) is 0 Å². The van der Waals surface area contributed by atoms with Crippen molar-refractivity contribution < 1.29 is 0 Å². The highest BCUT2D eigenvalue weighted by molar-refractivity contribution is 6.39. The van der Waals surface area contributed by atoms with Crippen molar-refractivity contribution in [2.75, 3.05) is 0 Å². The lowest BCUT2D eigenvalue weighted by Crippen LogP contribution is -2.01. The van der Waals surface area contributed by atoms with Crippen molar-refractivity contribution in [3.8, 4) is 0 Å². The minimum Gasteiger partial charge on any atom is -0.304 e. The van der Waals surface area contributed by atoms with E-state index in [4.69, 9.17) is 5.41 Å². The SMILES string of the molecule is C=C(C)c1ccc(/C(C)=C/N=C(C)C(C)=N)cc1. The Labute approximate surface area is 109 Å². The van der Waals surface area contributed by atoms with Gasteiger partial charge in [-0.2, -0.15) is 0 Å². The number of benzene rings is 1. The van der Waals surface area contributed by atoms with E-state index in [9.17, 15) is 0 Å². The van der Waals surface area contributed by atoms with Gasteiger partial charge in [0.05, 0.1) is 5.71 Å². The summed E-state index contributed by atoms with van der Waals surface area (Å²) in [5.74, 6) is 0. The molecule has 1 aromatic rings. The summed E-state index contributed by atoms with van der Waals surface area (Å²) in [4.78, 5) is 4.27. The van der Waals surface area contributed by atoms with E-state index in [-0.39, 0.29) is 0 Å². The Morgan fingerprint density at radius 2 is 1.56 bits per heavy atom. The molecule has 1 aromatic carbocycles. The Kier molecular flexibility index (Phi) is 4.78. The zero-order chi connectivity index (χ0) is 13.7. The van der Waals surface area contributed by atoms with E-state index >= 15 is 0 Å². The molecule has 0 saturated heterocycles. The van der Waals surface area contributed by atoms with Crippen molar-refractivity contribution in [3.63, 3.8) is 0 Å². The Hall–Kier alpha value is -1.96. The summed E-state index contributed by atoms with van der Waals surface area (Å²) in [5, 5.41) is 7.45. The smallest absolute Gasteiger partial charge is 0.0577 e. The Morgan fingerprint density at radius 1 is 1.06 bits per heavy atom. The second-order valence-electron chi connectivity index (χ2n) is 4.51. The van der Waals surface area contributed by atoms with Gasteiger partial charge < -0.3 is 5.41 Å². The molecule has 2 nitrogen and oxygen atoms in total. The van der Waals surface area contributed by atoms with Crippen LogP contribution in [-0.4, -0.2) is 11.4 Å². The summed E-state index contributed by atoms with van der Waals surface area (Å²) >= 11 is 0. The third-order valence-electron chi connectivity index (χ3n) is 2.83. The minimum atomic E-state index is 0.497. The van der Waals surface area contributed by atoms with E-state index in [1.54, 1.807) is 6.92 Å². The number of rotatable bonds is 4. The van der Waals surface area contributed by atoms with E-state index in [1.807, 2.05) is 27.0 Å². The van der Waals surface area contributed by atoms with Crippen LogP contribution in [-0.2, 0) is 0 Å². The quantitative estimate of drug-likeness (QED) is 0.748. The largest absolute Gasteiger partial charge is 0.304 e. The maximum absolute atomic E-state index is 7.45. The fourth-order valence-corrected chi connectivity index (χ4v) is 1.38. The molecule has 0 saturated carbocycles. The van der Waals surface area contributed by atoms with E-state index in [1.165, 1.54) is 0 Å². The molecule has 0 unspecified atom stereocenters. The lowest BCUT2D eigenvalue weighted by molar-refractivity contribution is 1.45. The fourth-order valence-electron chi connectivity index (χ4n) is 1.38. The van der Waals surface area contributed by atoms with Crippen LogP contribution in [0.25, 0.3) is 11.1 Å². The number of hydrogen-bond acceptors (Lipinski definition) is 2. The van der Waals surface area contributed by atoms with Crippen LogP contribution < -0.4 is 0 Å². The molecule has 1 N–H and O–H groups in total. The van der Waals surface area contributed by atoms with Crippen LogP contribution >= 0.6 is 0 Å². The van der Waals surface area contributed by atoms with Crippen LogP contribution in [0.5, 0.6) is 0 Å². The number of allylic oxidation sites excluding steroid dienone is 2. The zero-order valence-electron chi connectivity index (χ0n) is 11.5. The summed E-state index contributed by atoms with van der Waals surface area (Å²) in [7, 11) is 0. The normalized spacial score (nSPS) is 12.4. The molecule has 0 fully saturated rings. The lowest BCUT2D eigenvalue weighted by atomic mass is 10.0. The third-order valence-corrected chi connectivity index (χ3v) is 2.83. The first kappa shape index (κ1) is 14.1. The van der Waals surface area contributed by atoms with Crippen LogP contribution in [0.15, 0.2) is 42.0 Å². The van der Waals surface area contributed by atoms with E-state index in [2.05, 4.69) is 35.8 Å². The summed E-state index contributed by atoms with van der Waals surface area (Å²) in [6.45, 7) is 11.5. The Bertz CT molecular complexity index is 517. The molecular weight excluding hydrogens is 220 g/mol. The van der Waals surface area contributed by atoms with Crippen LogP contribution in [0.1, 0.15) is 38.8 Å². The maximum atomic E-state index is 7.45. The summed E-state index contributed by atoms with van der Waals surface area (Å²) in [6, 6.07) is 8.26. The van der Waals surface area contributed by atoms with Gasteiger partial charge in [-0.3, -0.25) is 4.99 Å². The van der Waals surface area contributed by atoms with Gasteiger partial charge in [0.1, 0.15) is 0 Å². The lowest BCUT2D eigenvalue weighted by Gasteiger charge is -2.03. The molecule has 0 heterocycles. The number of nitrogens with one attached hydrogen (secondary N) is 1. The van der Waals surface area contributed by atoms with Gasteiger partial charge in [-0.1, -0.05) is 36.4 Å². The van der Waals surface area contributed by atoms with Crippen molar-refractivity contribution in [1.29, 1.82) is 5.41 Å². The molecule has 0 aliphatic carbocycles. The predicted octanol–water partition coefficient (Wildman–Crippen LogP) is 4.58. The zero-order valence-corrected chi connectivity index (χ0v) is 11.5. The minimum absolute atomic E-state index is 0.497. The molecule has 0 bridgehead atoms. The second-order valence-corrected chi connectivity index (χ2v) is 4.51. The average molecular weight is 240 g/mol. The first-order valence-electron chi connectivity index (χ1n) is 5.95. The van der Waals surface area contributed by atoms with E-state index in [0.717, 1.165) is 28.0 Å². The monoisotopic (exact) mass is 240 g/mol. The molecule has 0 spiro atoms. The van der Waals surface area contributed by atoms with Crippen molar-refractivity contribution in [2.45, 2.75) is 27.7 Å². The molecule has 1 rings (SSSR count). The van der Waals surface area contributed by atoms with Crippen LogP contribution in [0, 0.1) is 5.41 Å². The number of aliphatic imine (C=N–C) groups is 1. The molecule has 0 radical (unpaired) electrons. The number of hydrogen-bond donors (Lipinski definition) is 1. The van der Waals surface area contributed by atoms with Crippen molar-refractivity contribution in [3.05, 3.63) is 48.2 Å². The average Bonchev–Trinajstić information content (AvgIpc) is 2.35. The Balaban J connectivity index is 2.94. The predicted molar refractivity (Wildman–Crippen MR) is 81.3 cm³/mol. The van der Waals surface area contributed by atoms with Gasteiger partial charge in [0.15, 0.2) is 0 Å². The highest BCUT2D eigenvalue weighted by Gasteiger charge is 1.97. The molecule has 0 aromatic heterocycles. The molecular formula is C16H20N2. The topological polar surface area (TPSA) is 36.2 Å². The standard InChI is InChI=1S/C16H20N2/c1-11(2)15-6-8-16(9-7-15)12(3)10-18-14(5)13(4)17/h6-10,17H,1H2,2-5H3/b12-10+,17-13?,18-14?. The Morgan fingerprint density at radius 3 is 2.00 bits per heavy atom. The molecule has 94 valence electrons.